The second kappa shape index (κ2) is 4.29. The fourth-order valence-electron chi connectivity index (χ4n) is 2.18. The number of methoxy groups -OCH3 is 1. The fraction of sp³-hybridized carbons (Fsp3) is 0.909. The van der Waals surface area contributed by atoms with Gasteiger partial charge >= 0.3 is 0 Å². The smallest absolute Gasteiger partial charge is 0.0669 e. The molecule has 0 aromatic heterocycles. The lowest BCUT2D eigenvalue weighted by atomic mass is 10.0. The van der Waals surface area contributed by atoms with Crippen LogP contribution in [-0.2, 0) is 4.74 Å². The third-order valence-corrected chi connectivity index (χ3v) is 2.82. The molecule has 3 heteroatoms. The highest BCUT2D eigenvalue weighted by Crippen LogP contribution is 2.29. The van der Waals surface area contributed by atoms with Crippen molar-refractivity contribution in [1.29, 1.82) is 5.26 Å². The Kier molecular flexibility index (Phi) is 3.52. The number of ether oxygens (including phenoxy) is 1. The SMILES string of the molecule is COC[C@@H]1C[C@@H](C#N)CN1C(C)(C)C. The molecule has 0 spiro atoms. The molecule has 1 aliphatic heterocycles. The third kappa shape index (κ3) is 2.46. The molecule has 2 atom stereocenters. The molecular weight excluding hydrogens is 176 g/mol. The first-order valence-electron chi connectivity index (χ1n) is 5.14. The zero-order chi connectivity index (χ0) is 10.8. The molecule has 80 valence electrons. The number of hydrogen-bond donors (Lipinski definition) is 0. The molecule has 14 heavy (non-hydrogen) atoms. The monoisotopic (exact) mass is 196 g/mol. The Balaban J connectivity index is 2.68. The molecule has 3 nitrogen and oxygen atoms in total. The number of rotatable bonds is 2. The van der Waals surface area contributed by atoms with Gasteiger partial charge in [-0.05, 0) is 27.2 Å². The van der Waals surface area contributed by atoms with Gasteiger partial charge in [-0.3, -0.25) is 4.90 Å². The van der Waals surface area contributed by atoms with E-state index in [1.807, 2.05) is 0 Å². The molecule has 0 aromatic carbocycles. The van der Waals surface area contributed by atoms with Crippen LogP contribution in [0.25, 0.3) is 0 Å². The summed E-state index contributed by atoms with van der Waals surface area (Å²) < 4.78 is 5.19. The van der Waals surface area contributed by atoms with Gasteiger partial charge in [0.15, 0.2) is 0 Å². The van der Waals surface area contributed by atoms with Crippen molar-refractivity contribution in [1.82, 2.24) is 4.90 Å². The molecule has 1 fully saturated rings. The summed E-state index contributed by atoms with van der Waals surface area (Å²) in [5.41, 5.74) is 0.134. The second-order valence-corrected chi connectivity index (χ2v) is 4.99. The highest BCUT2D eigenvalue weighted by atomic mass is 16.5. The van der Waals surface area contributed by atoms with Crippen molar-refractivity contribution >= 4 is 0 Å². The summed E-state index contributed by atoms with van der Waals surface area (Å²) in [6.07, 6.45) is 0.946. The predicted octanol–water partition coefficient (Wildman–Crippen LogP) is 1.65. The van der Waals surface area contributed by atoms with E-state index in [0.717, 1.165) is 19.6 Å². The van der Waals surface area contributed by atoms with Gasteiger partial charge < -0.3 is 4.74 Å². The summed E-state index contributed by atoms with van der Waals surface area (Å²) in [7, 11) is 1.72. The molecule has 0 saturated carbocycles. The molecule has 0 aliphatic carbocycles. The first-order chi connectivity index (χ1) is 6.49. The standard InChI is InChI=1S/C11H20N2O/c1-11(2,3)13-7-9(6-12)5-10(13)8-14-4/h9-10H,5,7-8H2,1-4H3/t9-,10-/m0/s1. The van der Waals surface area contributed by atoms with Crippen LogP contribution in [0.5, 0.6) is 0 Å². The maximum atomic E-state index is 8.92. The summed E-state index contributed by atoms with van der Waals surface area (Å²) in [4.78, 5) is 2.38. The molecule has 1 rings (SSSR count). The Labute approximate surface area is 86.6 Å². The maximum Gasteiger partial charge on any atom is 0.0669 e. The second-order valence-electron chi connectivity index (χ2n) is 4.99. The zero-order valence-electron chi connectivity index (χ0n) is 9.58. The van der Waals surface area contributed by atoms with Gasteiger partial charge in [-0.1, -0.05) is 0 Å². The van der Waals surface area contributed by atoms with E-state index >= 15 is 0 Å². The minimum absolute atomic E-state index is 0.134. The lowest BCUT2D eigenvalue weighted by Gasteiger charge is -2.36. The van der Waals surface area contributed by atoms with E-state index in [-0.39, 0.29) is 11.5 Å². The van der Waals surface area contributed by atoms with Crippen molar-refractivity contribution in [3.8, 4) is 6.07 Å². The summed E-state index contributed by atoms with van der Waals surface area (Å²) in [6.45, 7) is 8.18. The van der Waals surface area contributed by atoms with Crippen LogP contribution in [0.4, 0.5) is 0 Å². The average Bonchev–Trinajstić information content (AvgIpc) is 2.48. The van der Waals surface area contributed by atoms with Gasteiger partial charge in [-0.15, -0.1) is 0 Å². The van der Waals surface area contributed by atoms with Crippen LogP contribution < -0.4 is 0 Å². The molecule has 0 aromatic rings. The van der Waals surface area contributed by atoms with Crippen molar-refractivity contribution in [3.63, 3.8) is 0 Å². The van der Waals surface area contributed by atoms with Gasteiger partial charge in [0.05, 0.1) is 18.6 Å². The van der Waals surface area contributed by atoms with Crippen LogP contribution in [0.2, 0.25) is 0 Å². The highest BCUT2D eigenvalue weighted by Gasteiger charge is 2.37. The lowest BCUT2D eigenvalue weighted by Crippen LogP contribution is -2.46. The number of nitrogens with zero attached hydrogens (tertiary/aromatic N) is 2. The van der Waals surface area contributed by atoms with Crippen molar-refractivity contribution in [3.05, 3.63) is 0 Å². The van der Waals surface area contributed by atoms with Crippen LogP contribution in [0.15, 0.2) is 0 Å². The summed E-state index contributed by atoms with van der Waals surface area (Å²) in [5, 5.41) is 8.92. The van der Waals surface area contributed by atoms with Crippen LogP contribution in [0.1, 0.15) is 27.2 Å². The Morgan fingerprint density at radius 1 is 1.50 bits per heavy atom. The Bertz CT molecular complexity index is 226. The van der Waals surface area contributed by atoms with E-state index in [1.165, 1.54) is 0 Å². The summed E-state index contributed by atoms with van der Waals surface area (Å²) in [5.74, 6) is 0.175. The summed E-state index contributed by atoms with van der Waals surface area (Å²) >= 11 is 0. The topological polar surface area (TPSA) is 36.3 Å². The fourth-order valence-corrected chi connectivity index (χ4v) is 2.18. The number of hydrogen-bond acceptors (Lipinski definition) is 3. The zero-order valence-corrected chi connectivity index (χ0v) is 9.58. The molecule has 1 aliphatic rings. The van der Waals surface area contributed by atoms with Crippen molar-refractivity contribution < 1.29 is 4.74 Å². The molecule has 0 unspecified atom stereocenters. The van der Waals surface area contributed by atoms with Crippen LogP contribution >= 0.6 is 0 Å². The van der Waals surface area contributed by atoms with E-state index in [9.17, 15) is 0 Å². The van der Waals surface area contributed by atoms with Crippen molar-refractivity contribution in [2.45, 2.75) is 38.8 Å². The van der Waals surface area contributed by atoms with E-state index < -0.39 is 0 Å². The normalized spacial score (nSPS) is 29.1. The number of likely N-dealkylation sites (tertiary alicyclic amines) is 1. The molecule has 0 bridgehead atoms. The van der Waals surface area contributed by atoms with Gasteiger partial charge in [0, 0.05) is 25.2 Å². The minimum atomic E-state index is 0.134. The average molecular weight is 196 g/mol. The molecule has 1 heterocycles. The Morgan fingerprint density at radius 2 is 2.14 bits per heavy atom. The molecule has 1 saturated heterocycles. The largest absolute Gasteiger partial charge is 0.383 e. The third-order valence-electron chi connectivity index (χ3n) is 2.82. The van der Waals surface area contributed by atoms with Gasteiger partial charge in [-0.25, -0.2) is 0 Å². The molecule has 0 amide bonds. The summed E-state index contributed by atoms with van der Waals surface area (Å²) in [6, 6.07) is 2.76. The Morgan fingerprint density at radius 3 is 2.57 bits per heavy atom. The highest BCUT2D eigenvalue weighted by molar-refractivity contribution is 4.99. The predicted molar refractivity (Wildman–Crippen MR) is 55.8 cm³/mol. The first-order valence-corrected chi connectivity index (χ1v) is 5.14. The van der Waals surface area contributed by atoms with Crippen LogP contribution in [-0.4, -0.2) is 36.7 Å². The first kappa shape index (κ1) is 11.5. The molecule has 0 radical (unpaired) electrons. The Hall–Kier alpha value is -0.590. The number of nitriles is 1. The van der Waals surface area contributed by atoms with Gasteiger partial charge in [0.25, 0.3) is 0 Å². The van der Waals surface area contributed by atoms with E-state index in [0.29, 0.717) is 6.04 Å². The quantitative estimate of drug-likeness (QED) is 0.673. The molecular formula is C11H20N2O. The van der Waals surface area contributed by atoms with Gasteiger partial charge in [0.1, 0.15) is 0 Å². The maximum absolute atomic E-state index is 8.92. The van der Waals surface area contributed by atoms with Gasteiger partial charge in [0.2, 0.25) is 0 Å². The minimum Gasteiger partial charge on any atom is -0.383 e. The van der Waals surface area contributed by atoms with Crippen molar-refractivity contribution in [2.24, 2.45) is 5.92 Å². The van der Waals surface area contributed by atoms with E-state index in [1.54, 1.807) is 7.11 Å². The lowest BCUT2D eigenvalue weighted by molar-refractivity contribution is 0.0601. The van der Waals surface area contributed by atoms with Gasteiger partial charge in [-0.2, -0.15) is 5.26 Å². The van der Waals surface area contributed by atoms with Crippen molar-refractivity contribution in [2.75, 3.05) is 20.3 Å². The van der Waals surface area contributed by atoms with E-state index in [4.69, 9.17) is 10.00 Å². The van der Waals surface area contributed by atoms with E-state index in [2.05, 4.69) is 31.7 Å². The van der Waals surface area contributed by atoms with Crippen LogP contribution in [0.3, 0.4) is 0 Å². The molecule has 0 N–H and O–H groups in total. The van der Waals surface area contributed by atoms with Crippen LogP contribution in [0, 0.1) is 17.2 Å².